The molecule has 0 spiro atoms. The lowest BCUT2D eigenvalue weighted by atomic mass is 10.1. The smallest absolute Gasteiger partial charge is 0.320 e. The first-order valence-electron chi connectivity index (χ1n) is 16.1. The Morgan fingerprint density at radius 2 is 0.771 bits per heavy atom. The van der Waals surface area contributed by atoms with Crippen molar-refractivity contribution in [2.45, 2.75) is 124 Å². The maximum Gasteiger partial charge on any atom is 0.320 e. The van der Waals surface area contributed by atoms with Crippen molar-refractivity contribution in [1.82, 2.24) is 14.7 Å². The number of rotatable bonds is 19. The van der Waals surface area contributed by atoms with E-state index in [9.17, 15) is 39.0 Å². The Morgan fingerprint density at radius 3 is 0.979 bits per heavy atom. The van der Waals surface area contributed by atoms with E-state index in [-0.39, 0.29) is 58.8 Å². The van der Waals surface area contributed by atoms with Crippen LogP contribution in [0.1, 0.15) is 95.9 Å². The highest BCUT2D eigenvalue weighted by molar-refractivity contribution is 5.77. The van der Waals surface area contributed by atoms with Gasteiger partial charge in [0.2, 0.25) is 0 Å². The summed E-state index contributed by atoms with van der Waals surface area (Å²) in [5.41, 5.74) is -3.18. The molecule has 48 heavy (non-hydrogen) atoms. The lowest BCUT2D eigenvalue weighted by Gasteiger charge is -2.33. The van der Waals surface area contributed by atoms with Crippen LogP contribution in [-0.4, -0.2) is 142 Å². The zero-order valence-corrected chi connectivity index (χ0v) is 31.0. The van der Waals surface area contributed by atoms with Crippen LogP contribution < -0.4 is 0 Å². The minimum Gasteiger partial charge on any atom is -0.481 e. The second-order valence-electron chi connectivity index (χ2n) is 15.6. The highest BCUT2D eigenvalue weighted by atomic mass is 16.6. The molecule has 0 heterocycles. The lowest BCUT2D eigenvalue weighted by Crippen LogP contribution is -2.50. The Labute approximate surface area is 285 Å². The summed E-state index contributed by atoms with van der Waals surface area (Å²) in [5, 5.41) is 19.4. The molecule has 0 fully saturated rings. The Hall–Kier alpha value is -3.30. The molecule has 0 saturated heterocycles. The fraction of sp³-hybridized carbons (Fsp3) is 0.818. The van der Waals surface area contributed by atoms with Crippen LogP contribution in [0.15, 0.2) is 0 Å². The molecule has 0 saturated carbocycles. The second kappa shape index (κ2) is 19.0. The van der Waals surface area contributed by atoms with Crippen LogP contribution >= 0.6 is 0 Å². The topological polar surface area (TPSA) is 190 Å². The quantitative estimate of drug-likeness (QED) is 0.149. The summed E-state index contributed by atoms with van der Waals surface area (Å²) in [5.74, 6) is -4.92. The van der Waals surface area contributed by atoms with Crippen molar-refractivity contribution in [2.75, 3.05) is 52.4 Å². The first-order valence-corrected chi connectivity index (χ1v) is 16.1. The summed E-state index contributed by atoms with van der Waals surface area (Å²) in [6.07, 6.45) is -0.687. The predicted octanol–water partition coefficient (Wildman–Crippen LogP) is 2.58. The number of hydrogen-bond acceptors (Lipinski definition) is 13. The fourth-order valence-electron chi connectivity index (χ4n) is 4.34. The van der Waals surface area contributed by atoms with Crippen LogP contribution in [0.5, 0.6) is 0 Å². The van der Waals surface area contributed by atoms with Crippen molar-refractivity contribution in [3.05, 3.63) is 0 Å². The zero-order valence-electron chi connectivity index (χ0n) is 31.0. The molecule has 0 aliphatic rings. The summed E-state index contributed by atoms with van der Waals surface area (Å²) >= 11 is 0. The number of aliphatic carboxylic acids is 2. The van der Waals surface area contributed by atoms with Gasteiger partial charge in [0.15, 0.2) is 0 Å². The maximum absolute atomic E-state index is 12.7. The van der Waals surface area contributed by atoms with Crippen LogP contribution in [0.3, 0.4) is 0 Å². The summed E-state index contributed by atoms with van der Waals surface area (Å²) in [4.78, 5) is 79.2. The van der Waals surface area contributed by atoms with E-state index < -0.39 is 70.7 Å². The average Bonchev–Trinajstić information content (AvgIpc) is 2.79. The van der Waals surface area contributed by atoms with Gasteiger partial charge in [-0.3, -0.25) is 43.5 Å². The molecular formula is C33H59N3O12. The molecule has 15 heteroatoms. The number of hydrogen-bond donors (Lipinski definition) is 2. The van der Waals surface area contributed by atoms with Gasteiger partial charge in [0, 0.05) is 32.6 Å². The Bertz CT molecular complexity index is 969. The van der Waals surface area contributed by atoms with E-state index in [4.69, 9.17) is 18.9 Å². The SMILES string of the molecule is CC(C)(C)OC(=O)CN(CCN(CCN(CC(=O)OC(C)(C)C)CC(=O)OC(C)(C)C)[C@@H](CCC(=O)O)C(=O)O)CC(=O)OC(C)(C)C. The largest absolute Gasteiger partial charge is 0.481 e. The normalized spacial score (nSPS) is 13.3. The van der Waals surface area contributed by atoms with Crippen LogP contribution in [0, 0.1) is 0 Å². The van der Waals surface area contributed by atoms with Crippen molar-refractivity contribution in [2.24, 2.45) is 0 Å². The molecule has 0 aliphatic heterocycles. The van der Waals surface area contributed by atoms with Crippen molar-refractivity contribution in [1.29, 1.82) is 0 Å². The minimum absolute atomic E-state index is 0.00648. The van der Waals surface area contributed by atoms with E-state index in [1.165, 1.54) is 14.7 Å². The molecule has 0 rings (SSSR count). The number of carboxylic acid groups (broad SMARTS) is 2. The third-order valence-corrected chi connectivity index (χ3v) is 5.86. The molecule has 278 valence electrons. The summed E-state index contributed by atoms with van der Waals surface area (Å²) in [7, 11) is 0. The van der Waals surface area contributed by atoms with Crippen molar-refractivity contribution in [3.8, 4) is 0 Å². The maximum atomic E-state index is 12.7. The van der Waals surface area contributed by atoms with Gasteiger partial charge in [0.25, 0.3) is 0 Å². The predicted molar refractivity (Wildman–Crippen MR) is 176 cm³/mol. The number of esters is 4. The van der Waals surface area contributed by atoms with E-state index in [0.29, 0.717) is 0 Å². The second-order valence-corrected chi connectivity index (χ2v) is 15.6. The average molecular weight is 690 g/mol. The molecule has 0 aliphatic carbocycles. The van der Waals surface area contributed by atoms with Gasteiger partial charge in [-0.2, -0.15) is 0 Å². The van der Waals surface area contributed by atoms with Gasteiger partial charge in [0.05, 0.1) is 26.2 Å². The third kappa shape index (κ3) is 23.9. The van der Waals surface area contributed by atoms with Crippen molar-refractivity contribution in [3.63, 3.8) is 0 Å². The van der Waals surface area contributed by atoms with E-state index in [2.05, 4.69) is 0 Å². The molecule has 0 amide bonds. The van der Waals surface area contributed by atoms with Gasteiger partial charge < -0.3 is 29.2 Å². The summed E-state index contributed by atoms with van der Waals surface area (Å²) in [6.45, 7) is 19.1. The first kappa shape index (κ1) is 44.7. The molecule has 0 radical (unpaired) electrons. The van der Waals surface area contributed by atoms with Gasteiger partial charge in [-0.1, -0.05) is 0 Å². The van der Waals surface area contributed by atoms with Crippen LogP contribution in [0.25, 0.3) is 0 Å². The molecule has 0 bridgehead atoms. The lowest BCUT2D eigenvalue weighted by molar-refractivity contribution is -0.162. The third-order valence-electron chi connectivity index (χ3n) is 5.86. The number of carboxylic acids is 2. The fourth-order valence-corrected chi connectivity index (χ4v) is 4.34. The highest BCUT2D eigenvalue weighted by Gasteiger charge is 2.30. The van der Waals surface area contributed by atoms with E-state index in [0.717, 1.165) is 0 Å². The van der Waals surface area contributed by atoms with Crippen molar-refractivity contribution >= 4 is 35.8 Å². The summed E-state index contributed by atoms with van der Waals surface area (Å²) in [6, 6.07) is -1.28. The van der Waals surface area contributed by atoms with E-state index >= 15 is 0 Å². The zero-order chi connectivity index (χ0) is 37.7. The highest BCUT2D eigenvalue weighted by Crippen LogP contribution is 2.14. The van der Waals surface area contributed by atoms with Gasteiger partial charge in [0.1, 0.15) is 28.4 Å². The summed E-state index contributed by atoms with van der Waals surface area (Å²) < 4.78 is 21.7. The number of carbonyl (C=O) groups excluding carboxylic acids is 4. The van der Waals surface area contributed by atoms with Gasteiger partial charge in [-0.15, -0.1) is 0 Å². The minimum atomic E-state index is -1.28. The van der Waals surface area contributed by atoms with E-state index in [1.807, 2.05) is 0 Å². The van der Waals surface area contributed by atoms with Gasteiger partial charge >= 0.3 is 35.8 Å². The molecule has 0 aromatic heterocycles. The van der Waals surface area contributed by atoms with Crippen LogP contribution in [-0.2, 0) is 47.7 Å². The number of carbonyl (C=O) groups is 6. The van der Waals surface area contributed by atoms with Crippen molar-refractivity contribution < 1.29 is 57.9 Å². The molecule has 15 nitrogen and oxygen atoms in total. The Kier molecular flexibility index (Phi) is 17.7. The first-order chi connectivity index (χ1) is 21.5. The number of ether oxygens (including phenoxy) is 4. The molecule has 2 N–H and O–H groups in total. The standard InChI is InChI=1S/C33H59N3O12/c1-30(2,3)45-25(39)19-34(20-26(40)46-31(4,5)6)15-17-36(23(29(43)44)13-14-24(37)38)18-16-35(21-27(41)47-32(7,8)9)22-28(42)48-33(10,11)12/h23H,13-22H2,1-12H3,(H,37,38)(H,43,44)/t23-/m0/s1. The molecule has 0 aromatic carbocycles. The Balaban J connectivity index is 6.33. The van der Waals surface area contributed by atoms with E-state index in [1.54, 1.807) is 83.1 Å². The molecule has 0 aromatic rings. The molecule has 1 atom stereocenters. The Morgan fingerprint density at radius 1 is 0.500 bits per heavy atom. The van der Waals surface area contributed by atoms with Gasteiger partial charge in [-0.05, 0) is 89.5 Å². The molecular weight excluding hydrogens is 630 g/mol. The monoisotopic (exact) mass is 689 g/mol. The van der Waals surface area contributed by atoms with Crippen LogP contribution in [0.2, 0.25) is 0 Å². The molecule has 0 unspecified atom stereocenters. The number of nitrogens with zero attached hydrogens (tertiary/aromatic N) is 3. The van der Waals surface area contributed by atoms with Crippen LogP contribution in [0.4, 0.5) is 0 Å². The van der Waals surface area contributed by atoms with Gasteiger partial charge in [-0.25, -0.2) is 0 Å².